The van der Waals surface area contributed by atoms with Gasteiger partial charge in [-0.05, 0) is 48.7 Å². The molecule has 0 radical (unpaired) electrons. The van der Waals surface area contributed by atoms with E-state index in [2.05, 4.69) is 10.6 Å². The van der Waals surface area contributed by atoms with E-state index in [0.717, 1.165) is 31.2 Å². The predicted molar refractivity (Wildman–Crippen MR) is 117 cm³/mol. The summed E-state index contributed by atoms with van der Waals surface area (Å²) >= 11 is 0. The average Bonchev–Trinajstić information content (AvgIpc) is 3.07. The first kappa shape index (κ1) is 23.0. The Labute approximate surface area is 182 Å². The molecule has 3 rings (SSSR count). The number of hydrogen-bond donors (Lipinski definition) is 2. The fourth-order valence-corrected chi connectivity index (χ4v) is 5.00. The molecule has 1 amide bonds. The highest BCUT2D eigenvalue weighted by atomic mass is 32.2. The number of carbonyl (C=O) groups is 1. The van der Waals surface area contributed by atoms with Crippen LogP contribution in [0.25, 0.3) is 0 Å². The lowest BCUT2D eigenvalue weighted by atomic mass is 10.2. The number of rotatable bonds is 8. The van der Waals surface area contributed by atoms with Crippen molar-refractivity contribution in [2.45, 2.75) is 37.1 Å². The summed E-state index contributed by atoms with van der Waals surface area (Å²) in [5, 5.41) is 5.70. The van der Waals surface area contributed by atoms with Gasteiger partial charge in [0.15, 0.2) is 0 Å². The maximum Gasteiger partial charge on any atom is 0.243 e. The van der Waals surface area contributed by atoms with Crippen molar-refractivity contribution < 1.29 is 22.3 Å². The fourth-order valence-electron chi connectivity index (χ4n) is 3.46. The van der Waals surface area contributed by atoms with Gasteiger partial charge in [0.05, 0.1) is 24.2 Å². The number of nitrogens with one attached hydrogen (secondary N) is 2. The minimum atomic E-state index is -3.61. The topological polar surface area (TPSA) is 87.7 Å². The molecular formula is C22H28FN3O4S. The first-order chi connectivity index (χ1) is 14.9. The Kier molecular flexibility index (Phi) is 7.86. The molecule has 2 aromatic carbocycles. The van der Waals surface area contributed by atoms with Gasteiger partial charge in [0.1, 0.15) is 11.6 Å². The first-order valence-corrected chi connectivity index (χ1v) is 11.8. The van der Waals surface area contributed by atoms with Gasteiger partial charge in [-0.2, -0.15) is 4.31 Å². The summed E-state index contributed by atoms with van der Waals surface area (Å²) in [6, 6.07) is 10.5. The van der Waals surface area contributed by atoms with Gasteiger partial charge in [-0.25, -0.2) is 12.8 Å². The Hall–Kier alpha value is -2.65. The maximum absolute atomic E-state index is 13.1. The van der Waals surface area contributed by atoms with Crippen molar-refractivity contribution in [3.05, 3.63) is 53.8 Å². The Balaban J connectivity index is 1.66. The zero-order valence-electron chi connectivity index (χ0n) is 17.6. The van der Waals surface area contributed by atoms with Gasteiger partial charge in [-0.1, -0.05) is 25.0 Å². The molecule has 0 saturated carbocycles. The summed E-state index contributed by atoms with van der Waals surface area (Å²) in [5.41, 5.74) is 1.20. The summed E-state index contributed by atoms with van der Waals surface area (Å²) in [6.07, 6.45) is 3.78. The lowest BCUT2D eigenvalue weighted by Crippen LogP contribution is -2.32. The van der Waals surface area contributed by atoms with E-state index in [-0.39, 0.29) is 29.7 Å². The van der Waals surface area contributed by atoms with E-state index in [1.54, 1.807) is 18.2 Å². The van der Waals surface area contributed by atoms with Crippen LogP contribution >= 0.6 is 0 Å². The molecule has 0 aromatic heterocycles. The van der Waals surface area contributed by atoms with Gasteiger partial charge in [0.2, 0.25) is 15.9 Å². The van der Waals surface area contributed by atoms with E-state index in [1.807, 2.05) is 0 Å². The number of methoxy groups -OCH3 is 1. The Morgan fingerprint density at radius 2 is 1.74 bits per heavy atom. The minimum absolute atomic E-state index is 0.0647. The normalized spacial score (nSPS) is 15.2. The molecular weight excluding hydrogens is 421 g/mol. The highest BCUT2D eigenvalue weighted by Crippen LogP contribution is 2.29. The second kappa shape index (κ2) is 10.6. The number of nitrogens with zero attached hydrogens (tertiary/aromatic N) is 1. The lowest BCUT2D eigenvalue weighted by molar-refractivity contribution is -0.119. The Morgan fingerprint density at radius 3 is 2.39 bits per heavy atom. The van der Waals surface area contributed by atoms with Gasteiger partial charge in [-0.15, -0.1) is 0 Å². The number of ether oxygens (including phenoxy) is 1. The third-order valence-electron chi connectivity index (χ3n) is 5.22. The molecule has 1 aliphatic rings. The molecule has 0 aliphatic carbocycles. The molecule has 168 valence electrons. The summed E-state index contributed by atoms with van der Waals surface area (Å²) in [6.45, 7) is 1.23. The van der Waals surface area contributed by atoms with E-state index in [9.17, 15) is 17.6 Å². The third kappa shape index (κ3) is 6.18. The highest BCUT2D eigenvalue weighted by Gasteiger charge is 2.26. The van der Waals surface area contributed by atoms with Crippen molar-refractivity contribution in [3.63, 3.8) is 0 Å². The lowest BCUT2D eigenvalue weighted by Gasteiger charge is -2.21. The number of benzene rings is 2. The van der Waals surface area contributed by atoms with Crippen LogP contribution in [0.2, 0.25) is 0 Å². The quantitative estimate of drug-likeness (QED) is 0.647. The molecule has 7 nitrogen and oxygen atoms in total. The molecule has 2 aromatic rings. The van der Waals surface area contributed by atoms with E-state index in [1.165, 1.54) is 35.7 Å². The van der Waals surface area contributed by atoms with E-state index in [4.69, 9.17) is 4.74 Å². The monoisotopic (exact) mass is 449 g/mol. The molecule has 1 saturated heterocycles. The second-order valence-electron chi connectivity index (χ2n) is 7.44. The molecule has 9 heteroatoms. The SMILES string of the molecule is COc1ccc(S(=O)(=O)N2CCCCCC2)cc1NCC(=O)NCc1ccc(F)cc1. The van der Waals surface area contributed by atoms with Crippen LogP contribution in [0.4, 0.5) is 10.1 Å². The first-order valence-electron chi connectivity index (χ1n) is 10.3. The molecule has 1 aliphatic heterocycles. The standard InChI is InChI=1S/C22H28FN3O4S/c1-30-21-11-10-19(31(28,29)26-12-4-2-3-5-13-26)14-20(21)24-16-22(27)25-15-17-6-8-18(23)9-7-17/h6-11,14,24H,2-5,12-13,15-16H2,1H3,(H,25,27). The number of sulfonamides is 1. The van der Waals surface area contributed by atoms with Crippen molar-refractivity contribution >= 4 is 21.6 Å². The van der Waals surface area contributed by atoms with Gasteiger partial charge in [-0.3, -0.25) is 4.79 Å². The van der Waals surface area contributed by atoms with Crippen LogP contribution in [0.3, 0.4) is 0 Å². The molecule has 0 spiro atoms. The number of amides is 1. The molecule has 0 atom stereocenters. The van der Waals surface area contributed by atoms with Crippen molar-refractivity contribution in [3.8, 4) is 5.75 Å². The van der Waals surface area contributed by atoms with E-state index in [0.29, 0.717) is 24.5 Å². The van der Waals surface area contributed by atoms with Crippen LogP contribution in [0.5, 0.6) is 5.75 Å². The number of halogens is 1. The molecule has 0 unspecified atom stereocenters. The zero-order valence-corrected chi connectivity index (χ0v) is 18.4. The second-order valence-corrected chi connectivity index (χ2v) is 9.38. The van der Waals surface area contributed by atoms with E-state index >= 15 is 0 Å². The largest absolute Gasteiger partial charge is 0.495 e. The van der Waals surface area contributed by atoms with Crippen molar-refractivity contribution in [2.24, 2.45) is 0 Å². The summed E-state index contributed by atoms with van der Waals surface area (Å²) in [7, 11) is -2.13. The average molecular weight is 450 g/mol. The van der Waals surface area contributed by atoms with Gasteiger partial charge in [0.25, 0.3) is 0 Å². The smallest absolute Gasteiger partial charge is 0.243 e. The van der Waals surface area contributed by atoms with Crippen molar-refractivity contribution in [2.75, 3.05) is 32.1 Å². The summed E-state index contributed by atoms with van der Waals surface area (Å²) in [4.78, 5) is 12.4. The van der Waals surface area contributed by atoms with Crippen molar-refractivity contribution in [1.29, 1.82) is 0 Å². The van der Waals surface area contributed by atoms with Crippen LogP contribution in [0.1, 0.15) is 31.2 Å². The van der Waals surface area contributed by atoms with Gasteiger partial charge < -0.3 is 15.4 Å². The number of carbonyl (C=O) groups excluding carboxylic acids is 1. The number of hydrogen-bond acceptors (Lipinski definition) is 5. The molecule has 1 heterocycles. The fraction of sp³-hybridized carbons (Fsp3) is 0.409. The summed E-state index contributed by atoms with van der Waals surface area (Å²) < 4.78 is 45.9. The van der Waals surface area contributed by atoms with Crippen LogP contribution in [-0.4, -0.2) is 45.4 Å². The van der Waals surface area contributed by atoms with Crippen LogP contribution < -0.4 is 15.4 Å². The molecule has 31 heavy (non-hydrogen) atoms. The van der Waals surface area contributed by atoms with E-state index < -0.39 is 10.0 Å². The molecule has 0 bridgehead atoms. The predicted octanol–water partition coefficient (Wildman–Crippen LogP) is 3.13. The van der Waals surface area contributed by atoms with Gasteiger partial charge in [0, 0.05) is 19.6 Å². The third-order valence-corrected chi connectivity index (χ3v) is 7.11. The van der Waals surface area contributed by atoms with Crippen molar-refractivity contribution in [1.82, 2.24) is 9.62 Å². The maximum atomic E-state index is 13.1. The Morgan fingerprint density at radius 1 is 1.06 bits per heavy atom. The minimum Gasteiger partial charge on any atom is -0.495 e. The van der Waals surface area contributed by atoms with Crippen LogP contribution in [0.15, 0.2) is 47.4 Å². The molecule has 1 fully saturated rings. The van der Waals surface area contributed by atoms with Crippen LogP contribution in [0, 0.1) is 5.82 Å². The van der Waals surface area contributed by atoms with Crippen LogP contribution in [-0.2, 0) is 21.4 Å². The number of anilines is 1. The zero-order chi connectivity index (χ0) is 22.3. The Bertz CT molecular complexity index is 988. The highest BCUT2D eigenvalue weighted by molar-refractivity contribution is 7.89. The van der Waals surface area contributed by atoms with Gasteiger partial charge >= 0.3 is 0 Å². The molecule has 2 N–H and O–H groups in total. The summed E-state index contributed by atoms with van der Waals surface area (Å²) in [5.74, 6) is -0.174.